The van der Waals surface area contributed by atoms with Crippen molar-refractivity contribution in [2.75, 3.05) is 18.4 Å². The molecular formula is C12H20N4O. The number of nitrogens with one attached hydrogen (secondary N) is 3. The summed E-state index contributed by atoms with van der Waals surface area (Å²) in [4.78, 5) is 11.7. The van der Waals surface area contributed by atoms with Crippen LogP contribution in [0.5, 0.6) is 0 Å². The van der Waals surface area contributed by atoms with E-state index in [9.17, 15) is 4.79 Å². The maximum atomic E-state index is 11.7. The number of H-pyrrole nitrogens is 1. The van der Waals surface area contributed by atoms with Gasteiger partial charge in [0.15, 0.2) is 5.82 Å². The molecule has 1 aromatic rings. The normalized spacial score (nSPS) is 19.5. The lowest BCUT2D eigenvalue weighted by Crippen LogP contribution is -2.18. The summed E-state index contributed by atoms with van der Waals surface area (Å²) >= 11 is 0. The molecule has 1 amide bonds. The highest BCUT2D eigenvalue weighted by atomic mass is 16.1. The predicted molar refractivity (Wildman–Crippen MR) is 66.8 cm³/mol. The number of aryl methyl sites for hydroxylation is 1. The van der Waals surface area contributed by atoms with Crippen molar-refractivity contribution in [3.05, 3.63) is 11.8 Å². The lowest BCUT2D eigenvalue weighted by atomic mass is 10.0. The number of aromatic amines is 1. The van der Waals surface area contributed by atoms with E-state index >= 15 is 0 Å². The number of anilines is 1. The van der Waals surface area contributed by atoms with E-state index in [0.717, 1.165) is 38.0 Å². The van der Waals surface area contributed by atoms with Crippen LogP contribution >= 0.6 is 0 Å². The van der Waals surface area contributed by atoms with E-state index in [1.807, 2.05) is 6.07 Å². The van der Waals surface area contributed by atoms with Crippen LogP contribution in [0.3, 0.4) is 0 Å². The topological polar surface area (TPSA) is 69.8 Å². The van der Waals surface area contributed by atoms with Crippen molar-refractivity contribution in [3.63, 3.8) is 0 Å². The minimum absolute atomic E-state index is 0.0632. The number of carbonyl (C=O) groups is 1. The van der Waals surface area contributed by atoms with Gasteiger partial charge in [0.25, 0.3) is 0 Å². The third-order valence-electron chi connectivity index (χ3n) is 3.05. The first kappa shape index (κ1) is 12.1. The molecule has 2 rings (SSSR count). The van der Waals surface area contributed by atoms with E-state index in [0.29, 0.717) is 18.2 Å². The number of amides is 1. The molecular weight excluding hydrogens is 216 g/mol. The lowest BCUT2D eigenvalue weighted by Gasteiger charge is -2.06. The summed E-state index contributed by atoms with van der Waals surface area (Å²) in [5, 5.41) is 13.1. The van der Waals surface area contributed by atoms with Gasteiger partial charge in [0.05, 0.1) is 0 Å². The first-order valence-corrected chi connectivity index (χ1v) is 6.32. The van der Waals surface area contributed by atoms with Gasteiger partial charge in [-0.15, -0.1) is 0 Å². The summed E-state index contributed by atoms with van der Waals surface area (Å²) in [5.74, 6) is 1.18. The van der Waals surface area contributed by atoms with Crippen molar-refractivity contribution < 1.29 is 4.79 Å². The quantitative estimate of drug-likeness (QED) is 0.721. The van der Waals surface area contributed by atoms with Gasteiger partial charge in [0, 0.05) is 18.2 Å². The highest BCUT2D eigenvalue weighted by Gasteiger charge is 2.18. The summed E-state index contributed by atoms with van der Waals surface area (Å²) < 4.78 is 0. The summed E-state index contributed by atoms with van der Waals surface area (Å²) in [5.41, 5.74) is 1.07. The van der Waals surface area contributed by atoms with Gasteiger partial charge in [-0.05, 0) is 31.8 Å². The van der Waals surface area contributed by atoms with Crippen LogP contribution in [0, 0.1) is 5.92 Å². The van der Waals surface area contributed by atoms with Crippen molar-refractivity contribution >= 4 is 11.7 Å². The smallest absolute Gasteiger partial charge is 0.225 e. The maximum absolute atomic E-state index is 11.7. The molecule has 1 saturated heterocycles. The molecule has 0 spiro atoms. The molecule has 0 saturated carbocycles. The van der Waals surface area contributed by atoms with E-state index in [1.165, 1.54) is 0 Å². The number of nitrogens with zero attached hydrogens (tertiary/aromatic N) is 1. The number of hydrogen-bond acceptors (Lipinski definition) is 3. The Morgan fingerprint density at radius 3 is 3.24 bits per heavy atom. The Kier molecular flexibility index (Phi) is 4.14. The fourth-order valence-electron chi connectivity index (χ4n) is 2.17. The summed E-state index contributed by atoms with van der Waals surface area (Å²) in [6, 6.07) is 1.91. The van der Waals surface area contributed by atoms with Gasteiger partial charge in [-0.1, -0.05) is 13.3 Å². The van der Waals surface area contributed by atoms with Gasteiger partial charge in [0.2, 0.25) is 5.91 Å². The molecule has 0 radical (unpaired) electrons. The summed E-state index contributed by atoms with van der Waals surface area (Å²) in [6.45, 7) is 4.10. The Morgan fingerprint density at radius 1 is 1.65 bits per heavy atom. The zero-order valence-corrected chi connectivity index (χ0v) is 10.3. The van der Waals surface area contributed by atoms with E-state index in [4.69, 9.17) is 0 Å². The fraction of sp³-hybridized carbons (Fsp3) is 0.667. The van der Waals surface area contributed by atoms with Crippen LogP contribution in [0.2, 0.25) is 0 Å². The lowest BCUT2D eigenvalue weighted by molar-refractivity contribution is -0.117. The first-order valence-electron chi connectivity index (χ1n) is 6.32. The first-order chi connectivity index (χ1) is 8.28. The van der Waals surface area contributed by atoms with Crippen LogP contribution in [0.15, 0.2) is 6.07 Å². The third-order valence-corrected chi connectivity index (χ3v) is 3.05. The molecule has 1 aliphatic rings. The van der Waals surface area contributed by atoms with Gasteiger partial charge in [-0.2, -0.15) is 5.10 Å². The van der Waals surface area contributed by atoms with Crippen LogP contribution in [-0.2, 0) is 11.2 Å². The van der Waals surface area contributed by atoms with Crippen LogP contribution in [-0.4, -0.2) is 29.2 Å². The molecule has 1 unspecified atom stereocenters. The Bertz CT molecular complexity index is 368. The number of rotatable bonds is 5. The second-order valence-electron chi connectivity index (χ2n) is 4.64. The molecule has 94 valence electrons. The van der Waals surface area contributed by atoms with Crippen molar-refractivity contribution in [2.24, 2.45) is 5.92 Å². The maximum Gasteiger partial charge on any atom is 0.225 e. The molecule has 5 nitrogen and oxygen atoms in total. The number of hydrogen-bond donors (Lipinski definition) is 3. The highest BCUT2D eigenvalue weighted by Crippen LogP contribution is 2.14. The molecule has 1 aromatic heterocycles. The number of carbonyl (C=O) groups excluding carboxylic acids is 1. The van der Waals surface area contributed by atoms with Gasteiger partial charge >= 0.3 is 0 Å². The predicted octanol–water partition coefficient (Wildman–Crippen LogP) is 1.30. The highest BCUT2D eigenvalue weighted by molar-refractivity contribution is 5.89. The molecule has 2 heterocycles. The van der Waals surface area contributed by atoms with Gasteiger partial charge in [-0.3, -0.25) is 9.89 Å². The Hall–Kier alpha value is -1.36. The van der Waals surface area contributed by atoms with E-state index < -0.39 is 0 Å². The average molecular weight is 236 g/mol. The fourth-order valence-corrected chi connectivity index (χ4v) is 2.17. The van der Waals surface area contributed by atoms with Crippen molar-refractivity contribution in [1.82, 2.24) is 15.5 Å². The molecule has 5 heteroatoms. The van der Waals surface area contributed by atoms with Crippen LogP contribution in [0.1, 0.15) is 31.9 Å². The largest absolute Gasteiger partial charge is 0.316 e. The monoisotopic (exact) mass is 236 g/mol. The van der Waals surface area contributed by atoms with Crippen LogP contribution in [0.4, 0.5) is 5.82 Å². The minimum atomic E-state index is 0.0632. The van der Waals surface area contributed by atoms with Crippen molar-refractivity contribution in [3.8, 4) is 0 Å². The second-order valence-corrected chi connectivity index (χ2v) is 4.64. The van der Waals surface area contributed by atoms with E-state index in [1.54, 1.807) is 0 Å². The van der Waals surface area contributed by atoms with Crippen molar-refractivity contribution in [2.45, 2.75) is 32.6 Å². The zero-order chi connectivity index (χ0) is 12.1. The minimum Gasteiger partial charge on any atom is -0.316 e. The van der Waals surface area contributed by atoms with Crippen LogP contribution < -0.4 is 10.6 Å². The standard InChI is InChI=1S/C12H20N4O/c1-2-3-10-7-11(16-15-10)14-12(17)6-9-4-5-13-8-9/h7,9,13H,2-6,8H2,1H3,(H2,14,15,16,17). The summed E-state index contributed by atoms with van der Waals surface area (Å²) in [7, 11) is 0. The van der Waals surface area contributed by atoms with E-state index in [-0.39, 0.29) is 5.91 Å². The van der Waals surface area contributed by atoms with Gasteiger partial charge < -0.3 is 10.6 Å². The average Bonchev–Trinajstić information content (AvgIpc) is 2.91. The van der Waals surface area contributed by atoms with Crippen LogP contribution in [0.25, 0.3) is 0 Å². The number of aromatic nitrogens is 2. The molecule has 1 atom stereocenters. The molecule has 0 bridgehead atoms. The molecule has 1 fully saturated rings. The second kappa shape index (κ2) is 5.82. The molecule has 3 N–H and O–H groups in total. The Balaban J connectivity index is 1.80. The zero-order valence-electron chi connectivity index (χ0n) is 10.3. The van der Waals surface area contributed by atoms with E-state index in [2.05, 4.69) is 27.8 Å². The summed E-state index contributed by atoms with van der Waals surface area (Å²) in [6.07, 6.45) is 3.72. The molecule has 0 aromatic carbocycles. The van der Waals surface area contributed by atoms with Gasteiger partial charge in [0.1, 0.15) is 0 Å². The molecule has 17 heavy (non-hydrogen) atoms. The Morgan fingerprint density at radius 2 is 2.53 bits per heavy atom. The van der Waals surface area contributed by atoms with Crippen molar-refractivity contribution in [1.29, 1.82) is 0 Å². The SMILES string of the molecule is CCCc1cc(NC(=O)CC2CCNC2)n[nH]1. The Labute approximate surface area is 101 Å². The molecule has 0 aliphatic carbocycles. The molecule has 1 aliphatic heterocycles. The third kappa shape index (κ3) is 3.56. The van der Waals surface area contributed by atoms with Gasteiger partial charge in [-0.25, -0.2) is 0 Å².